The predicted octanol–water partition coefficient (Wildman–Crippen LogP) is 4.26. The van der Waals surface area contributed by atoms with Crippen molar-refractivity contribution in [3.8, 4) is 0 Å². The number of hydrogen-bond acceptors (Lipinski definition) is 2. The zero-order valence-electron chi connectivity index (χ0n) is 16.4. The number of carbonyl (C=O) groups is 1. The predicted molar refractivity (Wildman–Crippen MR) is 122 cm³/mol. The fourth-order valence-electron chi connectivity index (χ4n) is 2.49. The molecule has 26 heavy (non-hydrogen) atoms. The van der Waals surface area contributed by atoms with Gasteiger partial charge in [0.25, 0.3) is 0 Å². The Kier molecular flexibility index (Phi) is 12.8. The van der Waals surface area contributed by atoms with Crippen molar-refractivity contribution < 1.29 is 4.79 Å². The van der Waals surface area contributed by atoms with Gasteiger partial charge in [-0.3, -0.25) is 9.79 Å². The second-order valence-electron chi connectivity index (χ2n) is 6.60. The van der Waals surface area contributed by atoms with Crippen LogP contribution in [-0.2, 0) is 11.3 Å². The Morgan fingerprint density at radius 2 is 2.12 bits per heavy atom. The standard InChI is InChI=1S/C20H32N4O.HI/c1-6-7-8-12-24(5)20(21-4)22-15-17-10-9-11-18(14-17)23-19(25)13-16(2)3;/h6,9-11,14,16H,1,7-8,12-13,15H2,2-5H3,(H,21,22)(H,23,25);1H. The van der Waals surface area contributed by atoms with Gasteiger partial charge in [-0.2, -0.15) is 0 Å². The summed E-state index contributed by atoms with van der Waals surface area (Å²) < 4.78 is 0. The Labute approximate surface area is 175 Å². The molecule has 0 unspecified atom stereocenters. The largest absolute Gasteiger partial charge is 0.352 e. The summed E-state index contributed by atoms with van der Waals surface area (Å²) in [6, 6.07) is 7.91. The van der Waals surface area contributed by atoms with Crippen LogP contribution in [0.3, 0.4) is 0 Å². The normalized spacial score (nSPS) is 10.9. The van der Waals surface area contributed by atoms with E-state index in [0.29, 0.717) is 18.9 Å². The molecule has 1 rings (SSSR count). The first-order chi connectivity index (χ1) is 12.0. The number of allylic oxidation sites excluding steroid dienone is 1. The summed E-state index contributed by atoms with van der Waals surface area (Å²) in [5.74, 6) is 1.26. The van der Waals surface area contributed by atoms with E-state index in [1.807, 2.05) is 51.2 Å². The number of rotatable bonds is 9. The van der Waals surface area contributed by atoms with Crippen molar-refractivity contribution in [3.05, 3.63) is 42.5 Å². The molecule has 5 nitrogen and oxygen atoms in total. The van der Waals surface area contributed by atoms with Crippen molar-refractivity contribution in [2.75, 3.05) is 26.0 Å². The minimum atomic E-state index is 0. The van der Waals surface area contributed by atoms with Crippen molar-refractivity contribution in [2.45, 2.75) is 39.7 Å². The number of amides is 1. The molecular weight excluding hydrogens is 439 g/mol. The topological polar surface area (TPSA) is 56.7 Å². The van der Waals surface area contributed by atoms with Gasteiger partial charge in [0.15, 0.2) is 5.96 Å². The fraction of sp³-hybridized carbons (Fsp3) is 0.500. The SMILES string of the molecule is C=CCCCN(C)C(=NC)NCc1cccc(NC(=O)CC(C)C)c1.I. The van der Waals surface area contributed by atoms with Crippen LogP contribution in [0.5, 0.6) is 0 Å². The molecule has 0 spiro atoms. The molecule has 6 heteroatoms. The smallest absolute Gasteiger partial charge is 0.224 e. The molecule has 0 aromatic heterocycles. The molecule has 1 aromatic carbocycles. The molecule has 0 fully saturated rings. The molecule has 2 N–H and O–H groups in total. The minimum absolute atomic E-state index is 0. The van der Waals surface area contributed by atoms with E-state index < -0.39 is 0 Å². The number of nitrogens with one attached hydrogen (secondary N) is 2. The summed E-state index contributed by atoms with van der Waals surface area (Å²) in [4.78, 5) is 18.3. The van der Waals surface area contributed by atoms with Crippen molar-refractivity contribution >= 4 is 41.5 Å². The van der Waals surface area contributed by atoms with Crippen molar-refractivity contribution in [1.82, 2.24) is 10.2 Å². The maximum absolute atomic E-state index is 11.9. The summed E-state index contributed by atoms with van der Waals surface area (Å²) in [5.41, 5.74) is 1.93. The van der Waals surface area contributed by atoms with E-state index in [0.717, 1.165) is 36.6 Å². The Balaban J connectivity index is 0.00000625. The maximum atomic E-state index is 11.9. The van der Waals surface area contributed by atoms with E-state index >= 15 is 0 Å². The molecule has 0 radical (unpaired) electrons. The number of benzene rings is 1. The van der Waals surface area contributed by atoms with Gasteiger partial charge >= 0.3 is 0 Å². The van der Waals surface area contributed by atoms with Crippen LogP contribution in [0, 0.1) is 5.92 Å². The van der Waals surface area contributed by atoms with Gasteiger partial charge in [0.05, 0.1) is 0 Å². The third-order valence-corrected chi connectivity index (χ3v) is 3.73. The molecule has 1 aromatic rings. The van der Waals surface area contributed by atoms with E-state index in [1.54, 1.807) is 7.05 Å². The number of guanidine groups is 1. The lowest BCUT2D eigenvalue weighted by atomic mass is 10.1. The summed E-state index contributed by atoms with van der Waals surface area (Å²) in [6.07, 6.45) is 4.52. The highest BCUT2D eigenvalue weighted by Gasteiger charge is 2.07. The van der Waals surface area contributed by atoms with E-state index in [-0.39, 0.29) is 29.9 Å². The lowest BCUT2D eigenvalue weighted by Crippen LogP contribution is -2.38. The second-order valence-corrected chi connectivity index (χ2v) is 6.60. The van der Waals surface area contributed by atoms with Crippen LogP contribution < -0.4 is 10.6 Å². The molecule has 0 saturated carbocycles. The Morgan fingerprint density at radius 1 is 1.38 bits per heavy atom. The third kappa shape index (κ3) is 9.79. The van der Waals surface area contributed by atoms with Crippen molar-refractivity contribution in [1.29, 1.82) is 0 Å². The average Bonchev–Trinajstić information content (AvgIpc) is 2.55. The van der Waals surface area contributed by atoms with E-state index in [4.69, 9.17) is 0 Å². The first-order valence-corrected chi connectivity index (χ1v) is 8.87. The lowest BCUT2D eigenvalue weighted by Gasteiger charge is -2.22. The van der Waals surface area contributed by atoms with Crippen LogP contribution >= 0.6 is 24.0 Å². The molecule has 0 aliphatic heterocycles. The van der Waals surface area contributed by atoms with Gasteiger partial charge in [-0.1, -0.05) is 32.1 Å². The van der Waals surface area contributed by atoms with Gasteiger partial charge < -0.3 is 15.5 Å². The van der Waals surface area contributed by atoms with E-state index in [9.17, 15) is 4.79 Å². The van der Waals surface area contributed by atoms with Gasteiger partial charge in [0.1, 0.15) is 0 Å². The summed E-state index contributed by atoms with van der Waals surface area (Å²) in [6.45, 7) is 9.41. The summed E-state index contributed by atoms with van der Waals surface area (Å²) in [7, 11) is 3.82. The molecular formula is C20H33IN4O. The molecule has 0 aliphatic carbocycles. The van der Waals surface area contributed by atoms with Crippen molar-refractivity contribution in [2.24, 2.45) is 10.9 Å². The molecule has 0 heterocycles. The second kappa shape index (κ2) is 13.6. The van der Waals surface area contributed by atoms with Crippen LogP contribution in [-0.4, -0.2) is 37.4 Å². The molecule has 0 aliphatic rings. The number of hydrogen-bond donors (Lipinski definition) is 2. The average molecular weight is 472 g/mol. The van der Waals surface area contributed by atoms with Gasteiger partial charge in [-0.25, -0.2) is 0 Å². The quantitative estimate of drug-likeness (QED) is 0.186. The van der Waals surface area contributed by atoms with Crippen LogP contribution in [0.2, 0.25) is 0 Å². The highest BCUT2D eigenvalue weighted by atomic mass is 127. The number of halogens is 1. The van der Waals surface area contributed by atoms with E-state index in [2.05, 4.69) is 27.1 Å². The Morgan fingerprint density at radius 3 is 2.73 bits per heavy atom. The van der Waals surface area contributed by atoms with Gasteiger partial charge in [-0.05, 0) is 36.5 Å². The maximum Gasteiger partial charge on any atom is 0.224 e. The fourth-order valence-corrected chi connectivity index (χ4v) is 2.49. The zero-order valence-corrected chi connectivity index (χ0v) is 18.7. The highest BCUT2D eigenvalue weighted by molar-refractivity contribution is 14.0. The zero-order chi connectivity index (χ0) is 18.7. The van der Waals surface area contributed by atoms with Gasteiger partial charge in [0, 0.05) is 39.3 Å². The summed E-state index contributed by atoms with van der Waals surface area (Å²) in [5, 5.41) is 6.32. The van der Waals surface area contributed by atoms with Crippen LogP contribution in [0.15, 0.2) is 41.9 Å². The Hall–Kier alpha value is -1.57. The lowest BCUT2D eigenvalue weighted by molar-refractivity contribution is -0.116. The number of nitrogens with zero attached hydrogens (tertiary/aromatic N) is 2. The molecule has 1 amide bonds. The van der Waals surface area contributed by atoms with Crippen LogP contribution in [0.25, 0.3) is 0 Å². The molecule has 0 bridgehead atoms. The monoisotopic (exact) mass is 472 g/mol. The number of unbranched alkanes of at least 4 members (excludes halogenated alkanes) is 1. The molecule has 0 saturated heterocycles. The van der Waals surface area contributed by atoms with E-state index in [1.165, 1.54) is 0 Å². The number of carbonyl (C=O) groups excluding carboxylic acids is 1. The molecule has 146 valence electrons. The Bertz CT molecular complexity index is 587. The van der Waals surface area contributed by atoms with Gasteiger partial charge in [-0.15, -0.1) is 30.6 Å². The first kappa shape index (κ1) is 24.4. The first-order valence-electron chi connectivity index (χ1n) is 8.87. The van der Waals surface area contributed by atoms with Crippen LogP contribution in [0.4, 0.5) is 5.69 Å². The van der Waals surface area contributed by atoms with Crippen molar-refractivity contribution in [3.63, 3.8) is 0 Å². The van der Waals surface area contributed by atoms with Gasteiger partial charge in [0.2, 0.25) is 5.91 Å². The number of aliphatic imine (C=N–C) groups is 1. The highest BCUT2D eigenvalue weighted by Crippen LogP contribution is 2.12. The molecule has 0 atom stereocenters. The number of anilines is 1. The third-order valence-electron chi connectivity index (χ3n) is 3.73. The van der Waals surface area contributed by atoms with Crippen LogP contribution in [0.1, 0.15) is 38.7 Å². The minimum Gasteiger partial charge on any atom is -0.352 e. The summed E-state index contributed by atoms with van der Waals surface area (Å²) >= 11 is 0.